The van der Waals surface area contributed by atoms with E-state index in [1.807, 2.05) is 41.4 Å². The standard InChI is InChI=1S/C44H48N8O6/c1-57-43(55)47-33-21-20-32(24-33)41(53)51-22-6-10-36(51)39-45-25-34(48-39)29-16-12-27(13-17-29)28-14-18-30(19-15-28)35-26-46-40(49-35)37-11-7-23-52(37)42(54)38(50-44(56)58-2)31-8-4-3-5-9-31/h3-5,8-9,12-19,25-26,32-33,36-38H,6-7,10-11,20-24H2,1-2H3,(H,45,48)(H,46,49)(H,47,55)(H,50,56)/t32-,33+,36+,37+,38-/m1/s1. The molecule has 0 unspecified atom stereocenters. The molecule has 4 N–H and O–H groups in total. The molecule has 5 atom stereocenters. The summed E-state index contributed by atoms with van der Waals surface area (Å²) in [5.74, 6) is 1.31. The van der Waals surface area contributed by atoms with Crippen LogP contribution < -0.4 is 10.6 Å². The SMILES string of the molecule is COC(=O)N[C@H]1CC[C@@H](C(=O)N2CCC[C@H]2c2ncc(-c3ccc(-c4ccc(-c5cnc([C@@H]6CCCN6C(=O)[C@H](NC(=O)OC)c6ccccc6)[nH]5)cc4)cc3)[nH]2)C1. The van der Waals surface area contributed by atoms with E-state index >= 15 is 0 Å². The van der Waals surface area contributed by atoms with Gasteiger partial charge >= 0.3 is 12.2 Å². The summed E-state index contributed by atoms with van der Waals surface area (Å²) in [7, 11) is 2.63. The van der Waals surface area contributed by atoms with Crippen LogP contribution in [0.3, 0.4) is 0 Å². The molecule has 4 heterocycles. The molecule has 0 bridgehead atoms. The molecule has 0 spiro atoms. The van der Waals surface area contributed by atoms with Gasteiger partial charge in [-0.25, -0.2) is 19.6 Å². The van der Waals surface area contributed by atoms with Crippen LogP contribution in [0.4, 0.5) is 9.59 Å². The van der Waals surface area contributed by atoms with Crippen LogP contribution in [0.5, 0.6) is 0 Å². The number of imidazole rings is 2. The molecule has 2 saturated heterocycles. The largest absolute Gasteiger partial charge is 0.453 e. The zero-order chi connectivity index (χ0) is 40.2. The Balaban J connectivity index is 0.902. The van der Waals surface area contributed by atoms with Gasteiger partial charge < -0.3 is 39.9 Å². The molecule has 2 aromatic heterocycles. The lowest BCUT2D eigenvalue weighted by molar-refractivity contribution is -0.136. The van der Waals surface area contributed by atoms with Crippen molar-refractivity contribution in [3.05, 3.63) is 108 Å². The molecule has 3 fully saturated rings. The molecule has 1 saturated carbocycles. The van der Waals surface area contributed by atoms with E-state index in [2.05, 4.69) is 69.1 Å². The van der Waals surface area contributed by atoms with Gasteiger partial charge in [0, 0.05) is 25.0 Å². The molecular weight excluding hydrogens is 737 g/mol. The van der Waals surface area contributed by atoms with Gasteiger partial charge in [-0.3, -0.25) is 9.59 Å². The third-order valence-corrected chi connectivity index (χ3v) is 11.7. The van der Waals surface area contributed by atoms with Crippen molar-refractivity contribution in [3.63, 3.8) is 0 Å². The van der Waals surface area contributed by atoms with Crippen LogP contribution in [0.2, 0.25) is 0 Å². The molecule has 3 aliphatic rings. The molecule has 8 rings (SSSR count). The number of nitrogens with one attached hydrogen (secondary N) is 4. The fourth-order valence-electron chi connectivity index (χ4n) is 8.69. The van der Waals surface area contributed by atoms with Gasteiger partial charge in [0.15, 0.2) is 0 Å². The lowest BCUT2D eigenvalue weighted by atomic mass is 10.0. The maximum Gasteiger partial charge on any atom is 0.407 e. The van der Waals surface area contributed by atoms with Crippen LogP contribution >= 0.6 is 0 Å². The average molecular weight is 785 g/mol. The number of methoxy groups -OCH3 is 2. The number of aromatic amines is 2. The van der Waals surface area contributed by atoms with E-state index in [9.17, 15) is 19.2 Å². The minimum absolute atomic E-state index is 0.0451. The highest BCUT2D eigenvalue weighted by molar-refractivity contribution is 5.87. The van der Waals surface area contributed by atoms with Crippen molar-refractivity contribution in [2.45, 2.75) is 69.1 Å². The Kier molecular flexibility index (Phi) is 11.2. The summed E-state index contributed by atoms with van der Waals surface area (Å²) in [6, 6.07) is 24.5. The molecule has 0 radical (unpaired) electrons. The molecule has 5 aromatic rings. The van der Waals surface area contributed by atoms with Crippen LogP contribution in [-0.4, -0.2) is 87.1 Å². The number of H-pyrrole nitrogens is 2. The van der Waals surface area contributed by atoms with Crippen LogP contribution in [0.25, 0.3) is 33.6 Å². The molecule has 300 valence electrons. The smallest absolute Gasteiger partial charge is 0.407 e. The number of likely N-dealkylation sites (tertiary alicyclic amines) is 2. The van der Waals surface area contributed by atoms with E-state index in [1.54, 1.807) is 11.1 Å². The fourth-order valence-corrected chi connectivity index (χ4v) is 8.69. The average Bonchev–Trinajstić information content (AvgIpc) is 4.12. The lowest BCUT2D eigenvalue weighted by Gasteiger charge is -2.28. The topological polar surface area (TPSA) is 175 Å². The summed E-state index contributed by atoms with van der Waals surface area (Å²) in [5, 5.41) is 5.55. The highest BCUT2D eigenvalue weighted by atomic mass is 16.5. The van der Waals surface area contributed by atoms with Crippen LogP contribution in [0, 0.1) is 5.92 Å². The van der Waals surface area contributed by atoms with Crippen LogP contribution in [-0.2, 0) is 19.1 Å². The van der Waals surface area contributed by atoms with Gasteiger partial charge in [0.05, 0.1) is 50.1 Å². The number of hydrogen-bond acceptors (Lipinski definition) is 8. The minimum Gasteiger partial charge on any atom is -0.453 e. The first-order chi connectivity index (χ1) is 28.3. The van der Waals surface area contributed by atoms with Crippen molar-refractivity contribution in [1.82, 2.24) is 40.4 Å². The highest BCUT2D eigenvalue weighted by Crippen LogP contribution is 2.37. The van der Waals surface area contributed by atoms with Crippen LogP contribution in [0.15, 0.2) is 91.3 Å². The van der Waals surface area contributed by atoms with Crippen molar-refractivity contribution in [2.75, 3.05) is 27.3 Å². The molecule has 2 aliphatic heterocycles. The predicted octanol–water partition coefficient (Wildman–Crippen LogP) is 7.08. The number of alkyl carbamates (subject to hydrolysis) is 2. The van der Waals surface area contributed by atoms with Gasteiger partial charge in [0.25, 0.3) is 5.91 Å². The van der Waals surface area contributed by atoms with Crippen molar-refractivity contribution in [1.29, 1.82) is 0 Å². The second-order valence-electron chi connectivity index (χ2n) is 15.2. The molecule has 1 aliphatic carbocycles. The van der Waals surface area contributed by atoms with E-state index in [0.29, 0.717) is 30.9 Å². The molecule has 4 amide bonds. The summed E-state index contributed by atoms with van der Waals surface area (Å²) in [6.07, 6.45) is 8.01. The predicted molar refractivity (Wildman–Crippen MR) is 216 cm³/mol. The number of rotatable bonds is 10. The van der Waals surface area contributed by atoms with E-state index < -0.39 is 18.2 Å². The van der Waals surface area contributed by atoms with Gasteiger partial charge in [0.2, 0.25) is 5.91 Å². The van der Waals surface area contributed by atoms with E-state index in [0.717, 1.165) is 78.0 Å². The first-order valence-corrected chi connectivity index (χ1v) is 20.0. The number of benzene rings is 3. The number of carbonyl (C=O) groups is 4. The van der Waals surface area contributed by atoms with Gasteiger partial charge in [-0.1, -0.05) is 78.9 Å². The fraction of sp³-hybridized carbons (Fsp3) is 0.364. The Morgan fingerprint density at radius 3 is 1.78 bits per heavy atom. The summed E-state index contributed by atoms with van der Waals surface area (Å²) in [6.45, 7) is 1.26. The summed E-state index contributed by atoms with van der Waals surface area (Å²) in [4.78, 5) is 71.5. The van der Waals surface area contributed by atoms with Gasteiger partial charge in [-0.15, -0.1) is 0 Å². The molecule has 3 aromatic carbocycles. The number of nitrogens with zero attached hydrogens (tertiary/aromatic N) is 4. The zero-order valence-electron chi connectivity index (χ0n) is 32.6. The molecule has 14 heteroatoms. The quantitative estimate of drug-likeness (QED) is 0.116. The Morgan fingerprint density at radius 1 is 0.672 bits per heavy atom. The van der Waals surface area contributed by atoms with Crippen molar-refractivity contribution in [2.24, 2.45) is 5.92 Å². The highest BCUT2D eigenvalue weighted by Gasteiger charge is 2.40. The Bertz CT molecular complexity index is 2240. The van der Waals surface area contributed by atoms with Crippen molar-refractivity contribution >= 4 is 24.0 Å². The van der Waals surface area contributed by atoms with Crippen LogP contribution in [0.1, 0.15) is 80.3 Å². The maximum absolute atomic E-state index is 13.9. The first-order valence-electron chi connectivity index (χ1n) is 20.0. The summed E-state index contributed by atoms with van der Waals surface area (Å²) >= 11 is 0. The third-order valence-electron chi connectivity index (χ3n) is 11.7. The number of carbonyl (C=O) groups excluding carboxylic acids is 4. The third kappa shape index (κ3) is 8.04. The molecular formula is C44H48N8O6. The lowest BCUT2D eigenvalue weighted by Crippen LogP contribution is -2.42. The van der Waals surface area contributed by atoms with Gasteiger partial charge in [0.1, 0.15) is 17.7 Å². The summed E-state index contributed by atoms with van der Waals surface area (Å²) < 4.78 is 9.56. The summed E-state index contributed by atoms with van der Waals surface area (Å²) in [5.41, 5.74) is 6.53. The Morgan fingerprint density at radius 2 is 1.21 bits per heavy atom. The van der Waals surface area contributed by atoms with Gasteiger partial charge in [-0.2, -0.15) is 0 Å². The number of ether oxygens (including phenoxy) is 2. The second-order valence-corrected chi connectivity index (χ2v) is 15.2. The maximum atomic E-state index is 13.9. The first kappa shape index (κ1) is 38.4. The minimum atomic E-state index is -0.877. The monoisotopic (exact) mass is 784 g/mol. The van der Waals surface area contributed by atoms with E-state index in [4.69, 9.17) is 19.4 Å². The zero-order valence-corrected chi connectivity index (χ0v) is 32.6. The Labute approximate surface area is 336 Å². The van der Waals surface area contributed by atoms with Crippen molar-refractivity contribution < 1.29 is 28.7 Å². The van der Waals surface area contributed by atoms with E-state index in [-0.39, 0.29) is 35.9 Å². The van der Waals surface area contributed by atoms with Crippen molar-refractivity contribution in [3.8, 4) is 33.6 Å². The number of amides is 4. The molecule has 14 nitrogen and oxygen atoms in total. The number of aromatic nitrogens is 4. The normalized spacial score (nSPS) is 20.8. The van der Waals surface area contributed by atoms with E-state index in [1.165, 1.54) is 14.2 Å². The second kappa shape index (κ2) is 17.0. The Hall–Kier alpha value is -6.44. The molecule has 58 heavy (non-hydrogen) atoms. The van der Waals surface area contributed by atoms with Gasteiger partial charge in [-0.05, 0) is 72.8 Å². The number of hydrogen-bond donors (Lipinski definition) is 4.